The maximum absolute atomic E-state index is 12.6. The van der Waals surface area contributed by atoms with Crippen molar-refractivity contribution in [3.63, 3.8) is 0 Å². The van der Waals surface area contributed by atoms with E-state index in [0.29, 0.717) is 28.4 Å². The number of ether oxygens (including phenoxy) is 3. The first kappa shape index (κ1) is 18.2. The Morgan fingerprint density at radius 3 is 2.38 bits per heavy atom. The zero-order chi connectivity index (χ0) is 18.8. The average Bonchev–Trinajstić information content (AvgIpc) is 3.28. The summed E-state index contributed by atoms with van der Waals surface area (Å²) in [6.45, 7) is 0. The maximum atomic E-state index is 12.6. The van der Waals surface area contributed by atoms with E-state index in [1.165, 1.54) is 27.5 Å². The fourth-order valence-corrected chi connectivity index (χ4v) is 3.32. The maximum Gasteiger partial charge on any atom is 0.245 e. The number of nitrogens with one attached hydrogen (secondary N) is 2. The molecule has 0 bridgehead atoms. The van der Waals surface area contributed by atoms with Gasteiger partial charge in [-0.1, -0.05) is 23.2 Å². The monoisotopic (exact) mass is 395 g/mol. The molecule has 0 radical (unpaired) electrons. The van der Waals surface area contributed by atoms with Gasteiger partial charge < -0.3 is 24.2 Å². The first-order valence-corrected chi connectivity index (χ1v) is 8.19. The van der Waals surface area contributed by atoms with Gasteiger partial charge in [0.15, 0.2) is 17.3 Å². The Kier molecular flexibility index (Phi) is 5.11. The molecule has 0 aliphatic heterocycles. The van der Waals surface area contributed by atoms with Crippen LogP contribution in [0.2, 0.25) is 10.2 Å². The number of nitrogens with zero attached hydrogens (tertiary/aromatic N) is 1. The van der Waals surface area contributed by atoms with Gasteiger partial charge in [0.25, 0.3) is 0 Å². The van der Waals surface area contributed by atoms with Gasteiger partial charge in [0.2, 0.25) is 11.5 Å². The molecular weight excluding hydrogens is 381 g/mol. The van der Waals surface area contributed by atoms with Crippen LogP contribution in [0, 0.1) is 0 Å². The minimum absolute atomic E-state index is 0.124. The number of aromatic nitrogens is 3. The fraction of sp³-hybridized carbons (Fsp3) is 0.176. The van der Waals surface area contributed by atoms with Gasteiger partial charge in [-0.2, -0.15) is 0 Å². The normalized spacial score (nSPS) is 10.7. The van der Waals surface area contributed by atoms with Crippen molar-refractivity contribution in [3.05, 3.63) is 46.2 Å². The third-order valence-electron chi connectivity index (χ3n) is 3.81. The number of carbonyl (C=O) groups is 1. The van der Waals surface area contributed by atoms with Crippen molar-refractivity contribution >= 4 is 29.0 Å². The predicted molar refractivity (Wildman–Crippen MR) is 97.9 cm³/mol. The second-order valence-electron chi connectivity index (χ2n) is 5.15. The van der Waals surface area contributed by atoms with Gasteiger partial charge >= 0.3 is 0 Å². The Balaban J connectivity index is 2.18. The van der Waals surface area contributed by atoms with Gasteiger partial charge in [0, 0.05) is 23.5 Å². The molecule has 0 atom stereocenters. The van der Waals surface area contributed by atoms with Gasteiger partial charge in [-0.3, -0.25) is 4.79 Å². The highest BCUT2D eigenvalue weighted by atomic mass is 35.5. The third-order valence-corrected chi connectivity index (χ3v) is 4.47. The lowest BCUT2D eigenvalue weighted by atomic mass is 10.1. The Labute approximate surface area is 159 Å². The molecule has 0 amide bonds. The van der Waals surface area contributed by atoms with Gasteiger partial charge in [-0.05, 0) is 12.1 Å². The van der Waals surface area contributed by atoms with Crippen LogP contribution in [-0.2, 0) is 0 Å². The van der Waals surface area contributed by atoms with E-state index >= 15 is 0 Å². The molecule has 7 nitrogen and oxygen atoms in total. The van der Waals surface area contributed by atoms with Gasteiger partial charge in [-0.25, -0.2) is 4.98 Å². The molecule has 2 N–H and O–H groups in total. The van der Waals surface area contributed by atoms with Gasteiger partial charge in [0.1, 0.15) is 10.8 Å². The van der Waals surface area contributed by atoms with Crippen LogP contribution in [0.3, 0.4) is 0 Å². The molecular formula is C17H15Cl2N3O4. The van der Waals surface area contributed by atoms with Crippen LogP contribution in [-0.4, -0.2) is 42.1 Å². The summed E-state index contributed by atoms with van der Waals surface area (Å²) in [5.41, 5.74) is 1.09. The minimum Gasteiger partial charge on any atom is -0.493 e. The number of methoxy groups -OCH3 is 3. The molecule has 1 aromatic carbocycles. The van der Waals surface area contributed by atoms with Crippen molar-refractivity contribution in [1.29, 1.82) is 0 Å². The van der Waals surface area contributed by atoms with E-state index in [4.69, 9.17) is 37.4 Å². The fourth-order valence-electron chi connectivity index (χ4n) is 2.65. The molecule has 0 unspecified atom stereocenters. The number of benzene rings is 1. The number of halogens is 2. The van der Waals surface area contributed by atoms with E-state index in [9.17, 15) is 4.79 Å². The van der Waals surface area contributed by atoms with E-state index in [1.807, 2.05) is 0 Å². The van der Waals surface area contributed by atoms with Crippen molar-refractivity contribution < 1.29 is 19.0 Å². The summed E-state index contributed by atoms with van der Waals surface area (Å²) in [5, 5.41) is 0.345. The Hall–Kier alpha value is -2.64. The van der Waals surface area contributed by atoms with Crippen molar-refractivity contribution in [2.75, 3.05) is 21.3 Å². The van der Waals surface area contributed by atoms with Crippen LogP contribution >= 0.6 is 23.2 Å². The Morgan fingerprint density at radius 1 is 1.08 bits per heavy atom. The molecule has 0 fully saturated rings. The molecule has 26 heavy (non-hydrogen) atoms. The molecule has 3 rings (SSSR count). The number of ketones is 1. The van der Waals surface area contributed by atoms with E-state index < -0.39 is 5.78 Å². The number of hydrogen-bond donors (Lipinski definition) is 2. The average molecular weight is 396 g/mol. The molecule has 9 heteroatoms. The van der Waals surface area contributed by atoms with Crippen LogP contribution in [0.1, 0.15) is 16.3 Å². The number of aromatic amines is 2. The molecule has 3 aromatic rings. The summed E-state index contributed by atoms with van der Waals surface area (Å²) in [6, 6.07) is 3.42. The summed E-state index contributed by atoms with van der Waals surface area (Å²) >= 11 is 12.8. The molecule has 136 valence electrons. The summed E-state index contributed by atoms with van der Waals surface area (Å²) < 4.78 is 16.1. The van der Waals surface area contributed by atoms with Crippen LogP contribution in [0.4, 0.5) is 0 Å². The summed E-state index contributed by atoms with van der Waals surface area (Å²) in [4.78, 5) is 22.1. The molecule has 0 aliphatic rings. The summed E-state index contributed by atoms with van der Waals surface area (Å²) in [7, 11) is 4.51. The molecule has 2 heterocycles. The first-order valence-electron chi connectivity index (χ1n) is 7.43. The second-order valence-corrected chi connectivity index (χ2v) is 5.91. The number of H-pyrrole nitrogens is 2. The standard InChI is InChI=1S/C17H15Cl2N3O4/c1-24-9-5-4-8(14(25-2)15(9)26-3)10-11(18)12(22-16(10)19)13(23)17-20-6-7-21-17/h4-7,22H,1-3H3,(H,20,21). The van der Waals surface area contributed by atoms with E-state index in [-0.39, 0.29) is 21.7 Å². The Bertz CT molecular complexity index is 952. The summed E-state index contributed by atoms with van der Waals surface area (Å²) in [6.07, 6.45) is 3.02. The molecule has 0 aliphatic carbocycles. The predicted octanol–water partition coefficient (Wildman–Crippen LogP) is 3.97. The van der Waals surface area contributed by atoms with Crippen LogP contribution in [0.5, 0.6) is 17.2 Å². The second kappa shape index (κ2) is 7.31. The van der Waals surface area contributed by atoms with E-state index in [0.717, 1.165) is 0 Å². The van der Waals surface area contributed by atoms with Crippen molar-refractivity contribution in [2.45, 2.75) is 0 Å². The SMILES string of the molecule is COc1ccc(-c2c(Cl)[nH]c(C(=O)c3ncc[nH]3)c2Cl)c(OC)c1OC. The highest BCUT2D eigenvalue weighted by molar-refractivity contribution is 6.42. The molecule has 0 saturated heterocycles. The van der Waals surface area contributed by atoms with Gasteiger partial charge in [-0.15, -0.1) is 0 Å². The Morgan fingerprint density at radius 2 is 1.81 bits per heavy atom. The topological polar surface area (TPSA) is 89.2 Å². The van der Waals surface area contributed by atoms with E-state index in [1.54, 1.807) is 18.3 Å². The van der Waals surface area contributed by atoms with Gasteiger partial charge in [0.05, 0.1) is 26.4 Å². The zero-order valence-electron chi connectivity index (χ0n) is 14.1. The lowest BCUT2D eigenvalue weighted by molar-refractivity contribution is 0.102. The minimum atomic E-state index is -0.410. The highest BCUT2D eigenvalue weighted by Crippen LogP contribution is 2.48. The molecule has 0 spiro atoms. The van der Waals surface area contributed by atoms with Crippen LogP contribution in [0.15, 0.2) is 24.5 Å². The lowest BCUT2D eigenvalue weighted by Gasteiger charge is -2.15. The molecule has 2 aromatic heterocycles. The smallest absolute Gasteiger partial charge is 0.245 e. The quantitative estimate of drug-likeness (QED) is 0.616. The zero-order valence-corrected chi connectivity index (χ0v) is 15.7. The van der Waals surface area contributed by atoms with Crippen molar-refractivity contribution in [1.82, 2.24) is 15.0 Å². The summed E-state index contributed by atoms with van der Waals surface area (Å²) in [5.74, 6) is 0.998. The largest absolute Gasteiger partial charge is 0.493 e. The van der Waals surface area contributed by atoms with Crippen LogP contribution < -0.4 is 14.2 Å². The highest BCUT2D eigenvalue weighted by Gasteiger charge is 2.27. The van der Waals surface area contributed by atoms with Crippen molar-refractivity contribution in [3.8, 4) is 28.4 Å². The third kappa shape index (κ3) is 2.89. The lowest BCUT2D eigenvalue weighted by Crippen LogP contribution is -2.04. The molecule has 0 saturated carbocycles. The van der Waals surface area contributed by atoms with Crippen LogP contribution in [0.25, 0.3) is 11.1 Å². The number of hydrogen-bond acceptors (Lipinski definition) is 5. The van der Waals surface area contributed by atoms with Crippen molar-refractivity contribution in [2.24, 2.45) is 0 Å². The van der Waals surface area contributed by atoms with E-state index in [2.05, 4.69) is 15.0 Å². The number of carbonyl (C=O) groups excluding carboxylic acids is 1. The number of rotatable bonds is 6. The number of imidazole rings is 1. The first-order chi connectivity index (χ1) is 12.5.